The Morgan fingerprint density at radius 1 is 1.26 bits per heavy atom. The van der Waals surface area contributed by atoms with Gasteiger partial charge >= 0.3 is 0 Å². The second-order valence-corrected chi connectivity index (χ2v) is 5.22. The Hall–Kier alpha value is -1.26. The average molecular weight is 264 g/mol. The lowest BCUT2D eigenvalue weighted by Crippen LogP contribution is -2.48. The van der Waals surface area contributed by atoms with Crippen molar-refractivity contribution in [2.75, 3.05) is 33.9 Å². The standard InChI is InChI=1S/C15H24N2O2/c1-11-7-14(18-3)15(19-4)8-13(11)10-17-6-5-16-12(2)9-17/h7-8,12,16H,5-6,9-10H2,1-4H3. The first-order valence-corrected chi connectivity index (χ1v) is 6.81. The van der Waals surface area contributed by atoms with Gasteiger partial charge < -0.3 is 14.8 Å². The van der Waals surface area contributed by atoms with Crippen molar-refractivity contribution in [3.63, 3.8) is 0 Å². The van der Waals surface area contributed by atoms with Crippen molar-refractivity contribution in [1.82, 2.24) is 10.2 Å². The molecule has 1 aliphatic heterocycles. The molecule has 1 aromatic rings. The van der Waals surface area contributed by atoms with Crippen LogP contribution in [0.3, 0.4) is 0 Å². The van der Waals surface area contributed by atoms with E-state index in [9.17, 15) is 0 Å². The highest BCUT2D eigenvalue weighted by Crippen LogP contribution is 2.30. The molecule has 0 bridgehead atoms. The number of nitrogens with one attached hydrogen (secondary N) is 1. The van der Waals surface area contributed by atoms with Gasteiger partial charge in [-0.1, -0.05) is 0 Å². The lowest BCUT2D eigenvalue weighted by molar-refractivity contribution is 0.199. The largest absolute Gasteiger partial charge is 0.493 e. The molecule has 1 saturated heterocycles. The fraction of sp³-hybridized carbons (Fsp3) is 0.600. The lowest BCUT2D eigenvalue weighted by Gasteiger charge is -2.32. The first-order chi connectivity index (χ1) is 9.13. The molecule has 2 rings (SSSR count). The van der Waals surface area contributed by atoms with Crippen molar-refractivity contribution in [2.24, 2.45) is 0 Å². The zero-order valence-corrected chi connectivity index (χ0v) is 12.3. The minimum atomic E-state index is 0.564. The highest BCUT2D eigenvalue weighted by molar-refractivity contribution is 5.47. The maximum atomic E-state index is 5.39. The van der Waals surface area contributed by atoms with Crippen LogP contribution in [0.2, 0.25) is 0 Å². The molecule has 1 aromatic carbocycles. The average Bonchev–Trinajstić information content (AvgIpc) is 2.40. The second kappa shape index (κ2) is 6.26. The number of hydrogen-bond acceptors (Lipinski definition) is 4. The van der Waals surface area contributed by atoms with Gasteiger partial charge in [0.05, 0.1) is 14.2 Å². The van der Waals surface area contributed by atoms with Crippen LogP contribution in [0.1, 0.15) is 18.1 Å². The number of benzene rings is 1. The molecule has 0 aromatic heterocycles. The number of rotatable bonds is 4. The van der Waals surface area contributed by atoms with Crippen LogP contribution in [0, 0.1) is 6.92 Å². The fourth-order valence-corrected chi connectivity index (χ4v) is 2.59. The molecule has 19 heavy (non-hydrogen) atoms. The molecule has 0 radical (unpaired) electrons. The summed E-state index contributed by atoms with van der Waals surface area (Å²) >= 11 is 0. The Labute approximate surface area is 115 Å². The third kappa shape index (κ3) is 3.39. The topological polar surface area (TPSA) is 33.7 Å². The van der Waals surface area contributed by atoms with Crippen LogP contribution in [0.15, 0.2) is 12.1 Å². The molecule has 0 aliphatic carbocycles. The number of ether oxygens (including phenoxy) is 2. The Morgan fingerprint density at radius 3 is 2.58 bits per heavy atom. The van der Waals surface area contributed by atoms with E-state index in [1.165, 1.54) is 11.1 Å². The smallest absolute Gasteiger partial charge is 0.161 e. The Morgan fingerprint density at radius 2 is 1.95 bits per heavy atom. The molecular formula is C15H24N2O2. The van der Waals surface area contributed by atoms with Crippen molar-refractivity contribution in [3.05, 3.63) is 23.3 Å². The molecule has 0 spiro atoms. The number of piperazine rings is 1. The summed E-state index contributed by atoms with van der Waals surface area (Å²) in [7, 11) is 3.36. The number of nitrogens with zero attached hydrogens (tertiary/aromatic N) is 1. The number of aryl methyl sites for hydroxylation is 1. The predicted octanol–water partition coefficient (Wildman–Crippen LogP) is 1.81. The third-order valence-electron chi connectivity index (χ3n) is 3.69. The molecule has 1 unspecified atom stereocenters. The van der Waals surface area contributed by atoms with Crippen LogP contribution in [0.4, 0.5) is 0 Å². The molecule has 1 fully saturated rings. The van der Waals surface area contributed by atoms with E-state index in [1.807, 2.05) is 0 Å². The summed E-state index contributed by atoms with van der Waals surface area (Å²) in [6.07, 6.45) is 0. The van der Waals surface area contributed by atoms with Crippen LogP contribution in [-0.4, -0.2) is 44.8 Å². The number of hydrogen-bond donors (Lipinski definition) is 1. The lowest BCUT2D eigenvalue weighted by atomic mass is 10.1. The van der Waals surface area contributed by atoms with Crippen molar-refractivity contribution >= 4 is 0 Å². The SMILES string of the molecule is COc1cc(C)c(CN2CCNC(C)C2)cc1OC. The Kier molecular flexibility index (Phi) is 4.66. The summed E-state index contributed by atoms with van der Waals surface area (Å²) in [6, 6.07) is 4.72. The maximum Gasteiger partial charge on any atom is 0.161 e. The summed E-state index contributed by atoms with van der Waals surface area (Å²) < 4.78 is 10.7. The van der Waals surface area contributed by atoms with Gasteiger partial charge in [-0.25, -0.2) is 0 Å². The van der Waals surface area contributed by atoms with Gasteiger partial charge in [-0.3, -0.25) is 4.90 Å². The first-order valence-electron chi connectivity index (χ1n) is 6.81. The molecule has 0 amide bonds. The van der Waals surface area contributed by atoms with Gasteiger partial charge in [0.2, 0.25) is 0 Å². The van der Waals surface area contributed by atoms with Crippen molar-refractivity contribution < 1.29 is 9.47 Å². The molecule has 1 aliphatic rings. The molecule has 1 N–H and O–H groups in total. The van der Waals surface area contributed by atoms with Gasteiger partial charge in [-0.2, -0.15) is 0 Å². The summed E-state index contributed by atoms with van der Waals surface area (Å²) in [5.41, 5.74) is 2.57. The molecule has 1 atom stereocenters. The highest BCUT2D eigenvalue weighted by atomic mass is 16.5. The van der Waals surface area contributed by atoms with Crippen molar-refractivity contribution in [1.29, 1.82) is 0 Å². The van der Waals surface area contributed by atoms with E-state index < -0.39 is 0 Å². The summed E-state index contributed by atoms with van der Waals surface area (Å²) in [5, 5.41) is 3.47. The van der Waals surface area contributed by atoms with Crippen LogP contribution in [0.5, 0.6) is 11.5 Å². The van der Waals surface area contributed by atoms with Crippen LogP contribution in [-0.2, 0) is 6.54 Å². The van der Waals surface area contributed by atoms with Gasteiger partial charge in [0.25, 0.3) is 0 Å². The monoisotopic (exact) mass is 264 g/mol. The van der Waals surface area contributed by atoms with Gasteiger partial charge in [0.1, 0.15) is 0 Å². The third-order valence-corrected chi connectivity index (χ3v) is 3.69. The quantitative estimate of drug-likeness (QED) is 0.899. The maximum absolute atomic E-state index is 5.39. The van der Waals surface area contributed by atoms with Crippen molar-refractivity contribution in [3.8, 4) is 11.5 Å². The van der Waals surface area contributed by atoms with Gasteiger partial charge in [0, 0.05) is 32.2 Å². The van der Waals surface area contributed by atoms with Crippen LogP contribution in [0.25, 0.3) is 0 Å². The van der Waals surface area contributed by atoms with E-state index in [0.29, 0.717) is 6.04 Å². The van der Waals surface area contributed by atoms with E-state index in [-0.39, 0.29) is 0 Å². The van der Waals surface area contributed by atoms with E-state index in [1.54, 1.807) is 14.2 Å². The summed E-state index contributed by atoms with van der Waals surface area (Å²) in [5.74, 6) is 1.61. The normalized spacial score (nSPS) is 20.3. The van der Waals surface area contributed by atoms with Crippen LogP contribution < -0.4 is 14.8 Å². The van der Waals surface area contributed by atoms with E-state index in [4.69, 9.17) is 9.47 Å². The summed E-state index contributed by atoms with van der Waals surface area (Å²) in [4.78, 5) is 2.48. The van der Waals surface area contributed by atoms with Gasteiger partial charge in [-0.15, -0.1) is 0 Å². The zero-order chi connectivity index (χ0) is 13.8. The van der Waals surface area contributed by atoms with Gasteiger partial charge in [0.15, 0.2) is 11.5 Å². The molecule has 106 valence electrons. The molecular weight excluding hydrogens is 240 g/mol. The van der Waals surface area contributed by atoms with E-state index >= 15 is 0 Å². The van der Waals surface area contributed by atoms with Crippen molar-refractivity contribution in [2.45, 2.75) is 26.4 Å². The van der Waals surface area contributed by atoms with E-state index in [2.05, 4.69) is 36.2 Å². The predicted molar refractivity (Wildman–Crippen MR) is 77.0 cm³/mol. The van der Waals surface area contributed by atoms with Crippen LogP contribution >= 0.6 is 0 Å². The first kappa shape index (κ1) is 14.2. The second-order valence-electron chi connectivity index (χ2n) is 5.22. The molecule has 4 heteroatoms. The fourth-order valence-electron chi connectivity index (χ4n) is 2.59. The van der Waals surface area contributed by atoms with Gasteiger partial charge in [-0.05, 0) is 37.1 Å². The molecule has 0 saturated carbocycles. The summed E-state index contributed by atoms with van der Waals surface area (Å²) in [6.45, 7) is 8.58. The highest BCUT2D eigenvalue weighted by Gasteiger charge is 2.17. The zero-order valence-electron chi connectivity index (χ0n) is 12.3. The minimum absolute atomic E-state index is 0.564. The Bertz CT molecular complexity index is 434. The minimum Gasteiger partial charge on any atom is -0.493 e. The Balaban J connectivity index is 2.15. The molecule has 1 heterocycles. The molecule has 4 nitrogen and oxygen atoms in total. The number of methoxy groups -OCH3 is 2. The van der Waals surface area contributed by atoms with E-state index in [0.717, 1.165) is 37.7 Å².